The van der Waals surface area contributed by atoms with Crippen LogP contribution in [0.15, 0.2) is 45.8 Å². The van der Waals surface area contributed by atoms with Crippen LogP contribution in [0.4, 0.5) is 5.69 Å². The summed E-state index contributed by atoms with van der Waals surface area (Å²) in [6.07, 6.45) is 1.49. The predicted molar refractivity (Wildman–Crippen MR) is 73.9 cm³/mol. The first kappa shape index (κ1) is 12.6. The van der Waals surface area contributed by atoms with E-state index < -0.39 is 11.5 Å². The molecule has 1 heterocycles. The van der Waals surface area contributed by atoms with Crippen molar-refractivity contribution in [3.63, 3.8) is 0 Å². The number of hydrogen-bond acceptors (Lipinski definition) is 2. The molecule has 0 bridgehead atoms. The Labute approximate surface area is 112 Å². The monoisotopic (exact) mass is 306 g/mol. The van der Waals surface area contributed by atoms with Crippen molar-refractivity contribution in [1.29, 1.82) is 0 Å². The number of amides is 1. The molecular formula is C13H11BrN2O2. The molecule has 18 heavy (non-hydrogen) atoms. The average Bonchev–Trinajstić information content (AvgIpc) is 2.27. The highest BCUT2D eigenvalue weighted by atomic mass is 79.9. The van der Waals surface area contributed by atoms with E-state index in [1.54, 1.807) is 12.1 Å². The minimum Gasteiger partial charge on any atom is -0.328 e. The first-order valence-corrected chi connectivity index (χ1v) is 6.12. The number of aromatic amines is 1. The van der Waals surface area contributed by atoms with Gasteiger partial charge in [-0.1, -0.05) is 15.9 Å². The summed E-state index contributed by atoms with van der Waals surface area (Å²) < 4.78 is 0.875. The van der Waals surface area contributed by atoms with E-state index in [1.165, 1.54) is 12.3 Å². The molecule has 0 aliphatic carbocycles. The van der Waals surface area contributed by atoms with Crippen LogP contribution in [0.2, 0.25) is 0 Å². The van der Waals surface area contributed by atoms with Crippen LogP contribution in [0.25, 0.3) is 0 Å². The van der Waals surface area contributed by atoms with Gasteiger partial charge in [0.05, 0.1) is 0 Å². The molecule has 1 aromatic heterocycles. The number of aryl methyl sites for hydroxylation is 1. The summed E-state index contributed by atoms with van der Waals surface area (Å²) in [5.74, 6) is -0.422. The summed E-state index contributed by atoms with van der Waals surface area (Å²) in [7, 11) is 0. The summed E-state index contributed by atoms with van der Waals surface area (Å²) in [4.78, 5) is 25.8. The number of carbonyl (C=O) groups excluding carboxylic acids is 1. The zero-order valence-electron chi connectivity index (χ0n) is 9.66. The maximum absolute atomic E-state index is 11.9. The van der Waals surface area contributed by atoms with Gasteiger partial charge in [0.15, 0.2) is 0 Å². The molecule has 0 saturated heterocycles. The third-order valence-corrected chi connectivity index (χ3v) is 2.82. The molecule has 2 rings (SSSR count). The van der Waals surface area contributed by atoms with Crippen molar-refractivity contribution in [1.82, 2.24) is 4.98 Å². The first-order chi connectivity index (χ1) is 8.56. The minimum atomic E-state index is -0.422. The Kier molecular flexibility index (Phi) is 3.62. The topological polar surface area (TPSA) is 62.0 Å². The Morgan fingerprint density at radius 3 is 2.78 bits per heavy atom. The lowest BCUT2D eigenvalue weighted by Gasteiger charge is -2.06. The Bertz CT molecular complexity index is 629. The van der Waals surface area contributed by atoms with Gasteiger partial charge in [0.2, 0.25) is 0 Å². The second-order valence-electron chi connectivity index (χ2n) is 3.88. The number of rotatable bonds is 2. The van der Waals surface area contributed by atoms with Crippen molar-refractivity contribution < 1.29 is 4.79 Å². The highest BCUT2D eigenvalue weighted by Gasteiger charge is 2.10. The van der Waals surface area contributed by atoms with E-state index >= 15 is 0 Å². The third kappa shape index (κ3) is 2.87. The number of carbonyl (C=O) groups is 1. The van der Waals surface area contributed by atoms with Crippen LogP contribution in [0.3, 0.4) is 0 Å². The van der Waals surface area contributed by atoms with Gasteiger partial charge in [-0.25, -0.2) is 0 Å². The number of halogens is 1. The lowest BCUT2D eigenvalue weighted by molar-refractivity contribution is 0.102. The number of nitrogens with one attached hydrogen (secondary N) is 2. The highest BCUT2D eigenvalue weighted by molar-refractivity contribution is 9.10. The van der Waals surface area contributed by atoms with Crippen LogP contribution in [0, 0.1) is 6.92 Å². The molecule has 5 heteroatoms. The molecule has 0 aliphatic heterocycles. The fourth-order valence-electron chi connectivity index (χ4n) is 1.61. The summed E-state index contributed by atoms with van der Waals surface area (Å²) in [6.45, 7) is 1.93. The molecule has 0 saturated carbocycles. The second-order valence-corrected chi connectivity index (χ2v) is 4.80. The zero-order chi connectivity index (χ0) is 13.1. The van der Waals surface area contributed by atoms with Gasteiger partial charge in [0, 0.05) is 16.4 Å². The first-order valence-electron chi connectivity index (χ1n) is 5.32. The Balaban J connectivity index is 2.27. The van der Waals surface area contributed by atoms with Gasteiger partial charge in [-0.15, -0.1) is 0 Å². The van der Waals surface area contributed by atoms with E-state index in [9.17, 15) is 9.59 Å². The second kappa shape index (κ2) is 5.18. The Morgan fingerprint density at radius 1 is 1.33 bits per heavy atom. The van der Waals surface area contributed by atoms with Crippen molar-refractivity contribution in [3.8, 4) is 0 Å². The average molecular weight is 307 g/mol. The molecule has 0 spiro atoms. The predicted octanol–water partition coefficient (Wildman–Crippen LogP) is 2.70. The SMILES string of the molecule is Cc1cc(Br)cc(NC(=O)c2ccc[nH]c2=O)c1. The maximum atomic E-state index is 11.9. The van der Waals surface area contributed by atoms with Gasteiger partial charge in [0.25, 0.3) is 11.5 Å². The van der Waals surface area contributed by atoms with Crippen LogP contribution >= 0.6 is 15.9 Å². The van der Waals surface area contributed by atoms with Gasteiger partial charge >= 0.3 is 0 Å². The third-order valence-electron chi connectivity index (χ3n) is 2.36. The van der Waals surface area contributed by atoms with E-state index in [4.69, 9.17) is 0 Å². The van der Waals surface area contributed by atoms with Gasteiger partial charge < -0.3 is 10.3 Å². The molecule has 1 amide bonds. The van der Waals surface area contributed by atoms with E-state index in [0.29, 0.717) is 5.69 Å². The van der Waals surface area contributed by atoms with Crippen LogP contribution in [0.5, 0.6) is 0 Å². The van der Waals surface area contributed by atoms with E-state index in [1.807, 2.05) is 19.1 Å². The molecule has 0 radical (unpaired) electrons. The number of pyridine rings is 1. The number of hydrogen-bond donors (Lipinski definition) is 2. The Morgan fingerprint density at radius 2 is 2.11 bits per heavy atom. The molecule has 2 N–H and O–H groups in total. The van der Waals surface area contributed by atoms with Crippen LogP contribution in [-0.4, -0.2) is 10.9 Å². The Hall–Kier alpha value is -1.88. The molecule has 0 aliphatic rings. The van der Waals surface area contributed by atoms with E-state index in [0.717, 1.165) is 10.0 Å². The number of anilines is 1. The summed E-state index contributed by atoms with van der Waals surface area (Å²) >= 11 is 3.35. The number of benzene rings is 1. The molecule has 0 fully saturated rings. The summed E-state index contributed by atoms with van der Waals surface area (Å²) in [5, 5.41) is 2.69. The van der Waals surface area contributed by atoms with Crippen molar-refractivity contribution in [3.05, 3.63) is 62.5 Å². The van der Waals surface area contributed by atoms with Gasteiger partial charge in [0.1, 0.15) is 5.56 Å². The molecule has 1 aromatic carbocycles. The van der Waals surface area contributed by atoms with Gasteiger partial charge in [-0.05, 0) is 42.8 Å². The lowest BCUT2D eigenvalue weighted by atomic mass is 10.2. The highest BCUT2D eigenvalue weighted by Crippen LogP contribution is 2.19. The standard InChI is InChI=1S/C13H11BrN2O2/c1-8-5-9(14)7-10(6-8)16-13(18)11-3-2-4-15-12(11)17/h2-7H,1H3,(H,15,17)(H,16,18). The maximum Gasteiger partial charge on any atom is 0.261 e. The lowest BCUT2D eigenvalue weighted by Crippen LogP contribution is -2.22. The number of H-pyrrole nitrogens is 1. The largest absolute Gasteiger partial charge is 0.328 e. The molecular weight excluding hydrogens is 296 g/mol. The van der Waals surface area contributed by atoms with Crippen LogP contribution < -0.4 is 10.9 Å². The fourth-order valence-corrected chi connectivity index (χ4v) is 2.22. The molecule has 92 valence electrons. The molecule has 0 atom stereocenters. The van der Waals surface area contributed by atoms with Crippen molar-refractivity contribution in [2.45, 2.75) is 6.92 Å². The number of aromatic nitrogens is 1. The quantitative estimate of drug-likeness (QED) is 0.896. The molecule has 0 unspecified atom stereocenters. The summed E-state index contributed by atoms with van der Waals surface area (Å²) in [6, 6.07) is 8.65. The van der Waals surface area contributed by atoms with Crippen LogP contribution in [-0.2, 0) is 0 Å². The van der Waals surface area contributed by atoms with Gasteiger partial charge in [-0.3, -0.25) is 9.59 Å². The summed E-state index contributed by atoms with van der Waals surface area (Å²) in [5.41, 5.74) is 1.36. The minimum absolute atomic E-state index is 0.0927. The van der Waals surface area contributed by atoms with Crippen molar-refractivity contribution in [2.75, 3.05) is 5.32 Å². The van der Waals surface area contributed by atoms with Gasteiger partial charge in [-0.2, -0.15) is 0 Å². The van der Waals surface area contributed by atoms with Crippen LogP contribution in [0.1, 0.15) is 15.9 Å². The van der Waals surface area contributed by atoms with E-state index in [-0.39, 0.29) is 5.56 Å². The smallest absolute Gasteiger partial charge is 0.261 e. The normalized spacial score (nSPS) is 10.1. The van der Waals surface area contributed by atoms with Crippen molar-refractivity contribution >= 4 is 27.5 Å². The zero-order valence-corrected chi connectivity index (χ0v) is 11.2. The van der Waals surface area contributed by atoms with E-state index in [2.05, 4.69) is 26.2 Å². The molecule has 4 nitrogen and oxygen atoms in total. The van der Waals surface area contributed by atoms with Crippen molar-refractivity contribution in [2.24, 2.45) is 0 Å². The fraction of sp³-hybridized carbons (Fsp3) is 0.0769. The molecule has 2 aromatic rings.